The highest BCUT2D eigenvalue weighted by atomic mass is 19.4. The maximum atomic E-state index is 14.1. The third-order valence-electron chi connectivity index (χ3n) is 5.91. The number of rotatable bonds is 6. The molecule has 0 radical (unpaired) electrons. The molecule has 0 nitrogen and oxygen atoms in total. The van der Waals surface area contributed by atoms with E-state index in [4.69, 9.17) is 0 Å². The van der Waals surface area contributed by atoms with Gasteiger partial charge < -0.3 is 0 Å². The molecule has 0 unspecified atom stereocenters. The quantitative estimate of drug-likeness (QED) is 0.414. The van der Waals surface area contributed by atoms with Gasteiger partial charge in [-0.25, -0.2) is 8.78 Å². The first-order chi connectivity index (χ1) is 14.2. The van der Waals surface area contributed by atoms with E-state index in [1.54, 1.807) is 0 Å². The van der Waals surface area contributed by atoms with E-state index in [2.05, 4.69) is 30.8 Å². The van der Waals surface area contributed by atoms with E-state index in [0.29, 0.717) is 29.9 Å². The molecule has 1 saturated carbocycles. The summed E-state index contributed by atoms with van der Waals surface area (Å²) in [6, 6.07) is 10.7. The van der Waals surface area contributed by atoms with E-state index in [0.717, 1.165) is 49.8 Å². The van der Waals surface area contributed by atoms with Gasteiger partial charge in [-0.2, -0.15) is 13.2 Å². The van der Waals surface area contributed by atoms with Crippen LogP contribution in [-0.4, -0.2) is 6.18 Å². The minimum absolute atomic E-state index is 0.155. The summed E-state index contributed by atoms with van der Waals surface area (Å²) in [7, 11) is 0. The minimum atomic E-state index is -4.61. The summed E-state index contributed by atoms with van der Waals surface area (Å²) in [6.07, 6.45) is 3.13. The Morgan fingerprint density at radius 2 is 1.53 bits per heavy atom. The molecular formula is C25H25F5. The van der Waals surface area contributed by atoms with Crippen LogP contribution in [0.1, 0.15) is 60.3 Å². The van der Waals surface area contributed by atoms with E-state index < -0.39 is 23.4 Å². The SMILES string of the molecule is C=Cc1ccc(C2CCC(CCc3cc(F)c(/C=C/C(F)(F)F)c(F)c3)CC2)cc1. The Morgan fingerprint density at radius 3 is 2.07 bits per heavy atom. The fourth-order valence-electron chi connectivity index (χ4n) is 4.18. The Morgan fingerprint density at radius 1 is 0.933 bits per heavy atom. The van der Waals surface area contributed by atoms with Crippen molar-refractivity contribution in [2.45, 2.75) is 50.6 Å². The van der Waals surface area contributed by atoms with Gasteiger partial charge in [0.1, 0.15) is 11.6 Å². The van der Waals surface area contributed by atoms with Gasteiger partial charge in [0, 0.05) is 11.6 Å². The second-order valence-corrected chi connectivity index (χ2v) is 7.98. The van der Waals surface area contributed by atoms with Gasteiger partial charge in [-0.15, -0.1) is 0 Å². The van der Waals surface area contributed by atoms with Crippen LogP contribution >= 0.6 is 0 Å². The number of benzene rings is 2. The molecule has 2 aromatic rings. The molecule has 0 spiro atoms. The van der Waals surface area contributed by atoms with E-state index in [1.807, 2.05) is 6.08 Å². The van der Waals surface area contributed by atoms with Crippen molar-refractivity contribution in [2.75, 3.05) is 0 Å². The van der Waals surface area contributed by atoms with Crippen LogP contribution in [0.5, 0.6) is 0 Å². The molecule has 1 fully saturated rings. The smallest absolute Gasteiger partial charge is 0.206 e. The van der Waals surface area contributed by atoms with Gasteiger partial charge in [-0.3, -0.25) is 0 Å². The largest absolute Gasteiger partial charge is 0.409 e. The van der Waals surface area contributed by atoms with E-state index in [1.165, 1.54) is 5.56 Å². The van der Waals surface area contributed by atoms with Crippen molar-refractivity contribution in [3.05, 3.63) is 82.9 Å². The normalized spacial score (nSPS) is 19.9. The molecule has 2 aromatic carbocycles. The summed E-state index contributed by atoms with van der Waals surface area (Å²) in [6.45, 7) is 3.77. The number of aryl methyl sites for hydroxylation is 1. The van der Waals surface area contributed by atoms with Gasteiger partial charge in [-0.1, -0.05) is 36.9 Å². The van der Waals surface area contributed by atoms with Crippen molar-refractivity contribution in [3.63, 3.8) is 0 Å². The summed E-state index contributed by atoms with van der Waals surface area (Å²) in [5.74, 6) is -0.895. The first kappa shape index (κ1) is 22.3. The van der Waals surface area contributed by atoms with Gasteiger partial charge in [0.05, 0.1) is 0 Å². The third kappa shape index (κ3) is 6.04. The molecule has 30 heavy (non-hydrogen) atoms. The molecule has 0 heterocycles. The number of alkyl halides is 3. The first-order valence-electron chi connectivity index (χ1n) is 10.2. The Hall–Kier alpha value is -2.43. The Bertz CT molecular complexity index is 862. The molecule has 5 heteroatoms. The average molecular weight is 420 g/mol. The van der Waals surface area contributed by atoms with Crippen LogP contribution in [0.4, 0.5) is 22.0 Å². The number of hydrogen-bond acceptors (Lipinski definition) is 0. The number of allylic oxidation sites excluding steroid dienone is 1. The first-order valence-corrected chi connectivity index (χ1v) is 10.2. The summed E-state index contributed by atoms with van der Waals surface area (Å²) in [5.41, 5.74) is 2.27. The predicted octanol–water partition coefficient (Wildman–Crippen LogP) is 8.09. The molecule has 0 bridgehead atoms. The molecule has 1 aliphatic carbocycles. The van der Waals surface area contributed by atoms with E-state index in [-0.39, 0.29) is 6.08 Å². The van der Waals surface area contributed by atoms with E-state index >= 15 is 0 Å². The van der Waals surface area contributed by atoms with Crippen LogP contribution in [0, 0.1) is 17.6 Å². The lowest BCUT2D eigenvalue weighted by atomic mass is 9.77. The van der Waals surface area contributed by atoms with Crippen LogP contribution < -0.4 is 0 Å². The van der Waals surface area contributed by atoms with Crippen LogP contribution in [0.15, 0.2) is 49.1 Å². The maximum Gasteiger partial charge on any atom is 0.409 e. The van der Waals surface area contributed by atoms with Crippen molar-refractivity contribution >= 4 is 12.2 Å². The van der Waals surface area contributed by atoms with E-state index in [9.17, 15) is 22.0 Å². The van der Waals surface area contributed by atoms with Gasteiger partial charge in [0.15, 0.2) is 0 Å². The summed E-state index contributed by atoms with van der Waals surface area (Å²) >= 11 is 0. The number of hydrogen-bond donors (Lipinski definition) is 0. The highest BCUT2D eigenvalue weighted by Crippen LogP contribution is 2.37. The highest BCUT2D eigenvalue weighted by molar-refractivity contribution is 5.52. The van der Waals surface area contributed by atoms with Crippen molar-refractivity contribution < 1.29 is 22.0 Å². The Balaban J connectivity index is 1.54. The van der Waals surface area contributed by atoms with Gasteiger partial charge in [0.25, 0.3) is 0 Å². The minimum Gasteiger partial charge on any atom is -0.206 e. The zero-order valence-corrected chi connectivity index (χ0v) is 16.7. The zero-order valence-electron chi connectivity index (χ0n) is 16.7. The lowest BCUT2D eigenvalue weighted by Crippen LogP contribution is -2.14. The molecule has 3 rings (SSSR count). The Kier molecular flexibility index (Phi) is 7.11. The van der Waals surface area contributed by atoms with Crippen molar-refractivity contribution in [3.8, 4) is 0 Å². The second-order valence-electron chi connectivity index (χ2n) is 7.98. The molecule has 160 valence electrons. The predicted molar refractivity (Wildman–Crippen MR) is 111 cm³/mol. The van der Waals surface area contributed by atoms with Crippen LogP contribution in [-0.2, 0) is 6.42 Å². The third-order valence-corrected chi connectivity index (χ3v) is 5.91. The van der Waals surface area contributed by atoms with Gasteiger partial charge in [-0.05, 0) is 85.3 Å². The summed E-state index contributed by atoms with van der Waals surface area (Å²) < 4.78 is 64.9. The highest BCUT2D eigenvalue weighted by Gasteiger charge is 2.24. The standard InChI is InChI=1S/C25H25F5/c1-2-17-5-9-20(10-6-17)21-11-7-18(8-12-21)3-4-19-15-23(26)22(24(27)16-19)13-14-25(28,29)30/h2,5-6,9-10,13-16,18,21H,1,3-4,7-8,11-12H2/b14-13+. The zero-order chi connectivity index (χ0) is 21.7. The van der Waals surface area contributed by atoms with Crippen molar-refractivity contribution in [1.82, 2.24) is 0 Å². The van der Waals surface area contributed by atoms with Crippen LogP contribution in [0.3, 0.4) is 0 Å². The average Bonchev–Trinajstić information content (AvgIpc) is 2.71. The molecule has 0 aliphatic heterocycles. The fourth-order valence-corrected chi connectivity index (χ4v) is 4.18. The number of halogens is 5. The Labute approximate surface area is 174 Å². The topological polar surface area (TPSA) is 0 Å². The molecular weight excluding hydrogens is 395 g/mol. The van der Waals surface area contributed by atoms with Crippen molar-refractivity contribution in [2.24, 2.45) is 5.92 Å². The molecule has 0 N–H and O–H groups in total. The molecule has 0 aromatic heterocycles. The van der Waals surface area contributed by atoms with Crippen LogP contribution in [0.25, 0.3) is 12.2 Å². The van der Waals surface area contributed by atoms with Gasteiger partial charge in [0.2, 0.25) is 0 Å². The molecule has 1 aliphatic rings. The maximum absolute atomic E-state index is 14.1. The lowest BCUT2D eigenvalue weighted by molar-refractivity contribution is -0.0790. The van der Waals surface area contributed by atoms with Crippen LogP contribution in [0.2, 0.25) is 0 Å². The molecule has 0 amide bonds. The fraction of sp³-hybridized carbons (Fsp3) is 0.360. The summed E-state index contributed by atoms with van der Waals surface area (Å²) in [5, 5.41) is 0. The second kappa shape index (κ2) is 9.59. The molecule has 0 saturated heterocycles. The molecule has 0 atom stereocenters. The monoisotopic (exact) mass is 420 g/mol. The van der Waals surface area contributed by atoms with Gasteiger partial charge >= 0.3 is 6.18 Å². The lowest BCUT2D eigenvalue weighted by Gasteiger charge is -2.29. The van der Waals surface area contributed by atoms with Crippen molar-refractivity contribution in [1.29, 1.82) is 0 Å². The summed E-state index contributed by atoms with van der Waals surface area (Å²) in [4.78, 5) is 0.